The largest absolute Gasteiger partial charge is 0.468 e. The van der Waals surface area contributed by atoms with Crippen molar-refractivity contribution >= 4 is 25.7 Å². The van der Waals surface area contributed by atoms with Crippen molar-refractivity contribution in [3.05, 3.63) is 89.9 Å². The fourth-order valence-corrected chi connectivity index (χ4v) is 4.94. The summed E-state index contributed by atoms with van der Waals surface area (Å²) in [5.74, 6) is 0.494. The van der Waals surface area contributed by atoms with Crippen molar-refractivity contribution in [2.75, 3.05) is 0 Å². The maximum absolute atomic E-state index is 12.6. The van der Waals surface area contributed by atoms with E-state index in [-0.39, 0.29) is 22.0 Å². The minimum absolute atomic E-state index is 0.0332. The molecule has 164 valence electrons. The second-order valence-corrected chi connectivity index (χ2v) is 10.3. The van der Waals surface area contributed by atoms with Gasteiger partial charge in [-0.15, -0.1) is 4.83 Å². The highest BCUT2D eigenvalue weighted by molar-refractivity contribution is 7.89. The molecule has 1 aromatic heterocycles. The fraction of sp³-hybridized carbons (Fsp3) is 0.143. The lowest BCUT2D eigenvalue weighted by Gasteiger charge is -2.14. The summed E-state index contributed by atoms with van der Waals surface area (Å²) in [4.78, 5) is 2.53. The molecule has 0 saturated heterocycles. The average Bonchev–Trinajstić information content (AvgIpc) is 3.26. The van der Waals surface area contributed by atoms with Gasteiger partial charge in [0, 0.05) is 5.70 Å². The summed E-state index contributed by atoms with van der Waals surface area (Å²) in [7, 11) is -7.54. The maximum Gasteiger partial charge on any atom is 0.257 e. The van der Waals surface area contributed by atoms with Crippen LogP contribution in [0.25, 0.3) is 5.70 Å². The van der Waals surface area contributed by atoms with E-state index in [0.717, 1.165) is 5.56 Å². The summed E-state index contributed by atoms with van der Waals surface area (Å²) in [6, 6.07) is 14.4. The predicted molar refractivity (Wildman–Crippen MR) is 118 cm³/mol. The van der Waals surface area contributed by atoms with E-state index in [4.69, 9.17) is 4.42 Å². The lowest BCUT2D eigenvalue weighted by molar-refractivity contribution is 0.498. The number of hydrazine groups is 1. The molecular formula is C21H23N3O5S2. The fourth-order valence-electron chi connectivity index (χ4n) is 2.75. The Morgan fingerprint density at radius 1 is 0.968 bits per heavy atom. The van der Waals surface area contributed by atoms with Crippen molar-refractivity contribution in [1.82, 2.24) is 15.0 Å². The van der Waals surface area contributed by atoms with Gasteiger partial charge < -0.3 is 9.84 Å². The van der Waals surface area contributed by atoms with Crippen LogP contribution < -0.4 is 15.0 Å². The first-order valence-corrected chi connectivity index (χ1v) is 12.2. The highest BCUT2D eigenvalue weighted by atomic mass is 32.2. The van der Waals surface area contributed by atoms with Crippen molar-refractivity contribution in [2.24, 2.45) is 0 Å². The van der Waals surface area contributed by atoms with Gasteiger partial charge in [-0.1, -0.05) is 30.8 Å². The van der Waals surface area contributed by atoms with E-state index in [2.05, 4.69) is 21.6 Å². The molecule has 10 heteroatoms. The molecule has 2 aromatic carbocycles. The topological polar surface area (TPSA) is 118 Å². The zero-order valence-corrected chi connectivity index (χ0v) is 18.7. The number of hydrogen-bond donors (Lipinski definition) is 3. The van der Waals surface area contributed by atoms with Crippen LogP contribution in [0.2, 0.25) is 0 Å². The standard InChI is InChI=1S/C21H23N3O5S2/c1-15-6-7-16(2)21(13-15)31(27,28)24-23-17(3)18-8-10-20(11-9-18)30(25,26)22-14-19-5-4-12-29-19/h4-13,22-24H,3,14H2,1-2H3. The molecule has 0 amide bonds. The number of benzene rings is 2. The third-order valence-corrected chi connectivity index (χ3v) is 7.31. The van der Waals surface area contributed by atoms with E-state index in [1.165, 1.54) is 30.5 Å². The van der Waals surface area contributed by atoms with Crippen molar-refractivity contribution < 1.29 is 21.3 Å². The second kappa shape index (κ2) is 9.06. The first-order valence-electron chi connectivity index (χ1n) is 9.25. The lowest BCUT2D eigenvalue weighted by Crippen LogP contribution is -2.36. The molecule has 0 bridgehead atoms. The molecule has 0 saturated carbocycles. The molecule has 3 N–H and O–H groups in total. The van der Waals surface area contributed by atoms with Gasteiger partial charge in [-0.05, 0) is 60.9 Å². The molecule has 0 aliphatic heterocycles. The summed E-state index contributed by atoms with van der Waals surface area (Å²) in [5, 5.41) is 0. The molecule has 0 radical (unpaired) electrons. The van der Waals surface area contributed by atoms with Gasteiger partial charge in [-0.2, -0.15) is 0 Å². The van der Waals surface area contributed by atoms with Gasteiger partial charge in [0.1, 0.15) is 5.76 Å². The Morgan fingerprint density at radius 2 is 1.68 bits per heavy atom. The maximum atomic E-state index is 12.6. The van der Waals surface area contributed by atoms with Crippen LogP contribution in [0.5, 0.6) is 0 Å². The van der Waals surface area contributed by atoms with Crippen LogP contribution >= 0.6 is 0 Å². The molecule has 0 atom stereocenters. The van der Waals surface area contributed by atoms with Gasteiger partial charge in [0.2, 0.25) is 10.0 Å². The second-order valence-electron chi connectivity index (χ2n) is 6.91. The number of nitrogens with one attached hydrogen (secondary N) is 3. The van der Waals surface area contributed by atoms with E-state index in [0.29, 0.717) is 16.9 Å². The van der Waals surface area contributed by atoms with Crippen LogP contribution in [-0.4, -0.2) is 16.8 Å². The molecule has 0 spiro atoms. The Labute approximate surface area is 182 Å². The number of sulfonamides is 2. The van der Waals surface area contributed by atoms with Gasteiger partial charge in [0.15, 0.2) is 0 Å². The lowest BCUT2D eigenvalue weighted by atomic mass is 10.2. The monoisotopic (exact) mass is 461 g/mol. The molecule has 31 heavy (non-hydrogen) atoms. The normalized spacial score (nSPS) is 11.9. The van der Waals surface area contributed by atoms with Crippen LogP contribution in [0.1, 0.15) is 22.5 Å². The van der Waals surface area contributed by atoms with Crippen LogP contribution in [0.3, 0.4) is 0 Å². The minimum atomic E-state index is -3.81. The molecule has 8 nitrogen and oxygen atoms in total. The molecule has 3 aromatic rings. The Morgan fingerprint density at radius 3 is 2.32 bits per heavy atom. The van der Waals surface area contributed by atoms with Gasteiger partial charge >= 0.3 is 0 Å². The van der Waals surface area contributed by atoms with Gasteiger partial charge in [-0.25, -0.2) is 21.6 Å². The van der Waals surface area contributed by atoms with Gasteiger partial charge in [-0.3, -0.25) is 0 Å². The van der Waals surface area contributed by atoms with Crippen molar-refractivity contribution in [1.29, 1.82) is 0 Å². The average molecular weight is 462 g/mol. The van der Waals surface area contributed by atoms with Crippen LogP contribution in [-0.2, 0) is 26.6 Å². The Bertz CT molecular complexity index is 1280. The molecule has 1 heterocycles. The minimum Gasteiger partial charge on any atom is -0.468 e. The van der Waals surface area contributed by atoms with Crippen LogP contribution in [0.4, 0.5) is 0 Å². The van der Waals surface area contributed by atoms with Gasteiger partial charge in [0.25, 0.3) is 10.0 Å². The summed E-state index contributed by atoms with van der Waals surface area (Å²) < 4.78 is 57.5. The zero-order valence-electron chi connectivity index (χ0n) is 17.0. The Kier molecular flexibility index (Phi) is 6.65. The van der Waals surface area contributed by atoms with Crippen molar-refractivity contribution in [2.45, 2.75) is 30.2 Å². The highest BCUT2D eigenvalue weighted by Crippen LogP contribution is 2.18. The van der Waals surface area contributed by atoms with Crippen LogP contribution in [0.15, 0.2) is 81.6 Å². The molecule has 3 rings (SSSR count). The van der Waals surface area contributed by atoms with Crippen molar-refractivity contribution in [3.63, 3.8) is 0 Å². The molecule has 0 aliphatic carbocycles. The SMILES string of the molecule is C=C(NNS(=O)(=O)c1cc(C)ccc1C)c1ccc(S(=O)(=O)NCc2ccco2)cc1. The summed E-state index contributed by atoms with van der Waals surface area (Å²) in [6.07, 6.45) is 1.46. The summed E-state index contributed by atoms with van der Waals surface area (Å²) in [6.45, 7) is 7.36. The van der Waals surface area contributed by atoms with E-state index in [1.807, 2.05) is 13.0 Å². The number of rotatable bonds is 9. The molecule has 0 unspecified atom stereocenters. The third-order valence-electron chi connectivity index (χ3n) is 4.50. The van der Waals surface area contributed by atoms with E-state index >= 15 is 0 Å². The van der Waals surface area contributed by atoms with E-state index in [9.17, 15) is 16.8 Å². The summed E-state index contributed by atoms with van der Waals surface area (Å²) in [5.41, 5.74) is 4.80. The smallest absolute Gasteiger partial charge is 0.257 e. The van der Waals surface area contributed by atoms with E-state index in [1.54, 1.807) is 31.2 Å². The summed E-state index contributed by atoms with van der Waals surface area (Å²) >= 11 is 0. The van der Waals surface area contributed by atoms with Gasteiger partial charge in [0.05, 0.1) is 22.6 Å². The quantitative estimate of drug-likeness (QED) is 0.422. The molecule has 0 fully saturated rings. The highest BCUT2D eigenvalue weighted by Gasteiger charge is 2.18. The Balaban J connectivity index is 1.65. The predicted octanol–water partition coefficient (Wildman–Crippen LogP) is 2.83. The van der Waals surface area contributed by atoms with E-state index < -0.39 is 20.0 Å². The number of furan rings is 1. The first kappa shape index (κ1) is 22.8. The zero-order chi connectivity index (χ0) is 22.6. The molecule has 0 aliphatic rings. The number of aryl methyl sites for hydroxylation is 2. The first-order chi connectivity index (χ1) is 14.6. The molecular weight excluding hydrogens is 438 g/mol. The number of hydrogen-bond acceptors (Lipinski definition) is 6. The van der Waals surface area contributed by atoms with Crippen molar-refractivity contribution in [3.8, 4) is 0 Å². The Hall–Kier alpha value is -2.92. The third kappa shape index (κ3) is 5.61. The van der Waals surface area contributed by atoms with Crippen LogP contribution in [0, 0.1) is 13.8 Å².